The van der Waals surface area contributed by atoms with Crippen molar-refractivity contribution in [3.05, 3.63) is 35.9 Å². The van der Waals surface area contributed by atoms with E-state index in [0.29, 0.717) is 35.4 Å². The molecule has 0 N–H and O–H groups in total. The average Bonchev–Trinajstić information content (AvgIpc) is 2.69. The van der Waals surface area contributed by atoms with E-state index in [0.717, 1.165) is 51.7 Å². The Morgan fingerprint density at radius 3 is 2.63 bits per heavy atom. The topological polar surface area (TPSA) is 49.9 Å². The van der Waals surface area contributed by atoms with E-state index in [1.165, 1.54) is 6.42 Å². The van der Waals surface area contributed by atoms with Crippen molar-refractivity contribution in [1.82, 2.24) is 9.80 Å². The van der Waals surface area contributed by atoms with Gasteiger partial charge in [0.05, 0.1) is 5.56 Å². The highest BCUT2D eigenvalue weighted by molar-refractivity contribution is 5.89. The lowest BCUT2D eigenvalue weighted by atomic mass is 9.70. The summed E-state index contributed by atoms with van der Waals surface area (Å²) >= 11 is 0. The maximum Gasteiger partial charge on any atom is 0.338 e. The molecule has 0 aromatic heterocycles. The quantitative estimate of drug-likeness (QED) is 0.753. The van der Waals surface area contributed by atoms with Crippen LogP contribution in [0.25, 0.3) is 0 Å². The first kappa shape index (κ1) is 17.2. The van der Waals surface area contributed by atoms with Crippen LogP contribution >= 0.6 is 0 Å². The summed E-state index contributed by atoms with van der Waals surface area (Å²) in [7, 11) is 0. The molecule has 0 radical (unpaired) electrons. The molecule has 0 saturated carbocycles. The van der Waals surface area contributed by atoms with Gasteiger partial charge in [0.2, 0.25) is 5.91 Å². The van der Waals surface area contributed by atoms with Crippen LogP contribution in [-0.4, -0.2) is 59.5 Å². The molecule has 5 atom stereocenters. The fourth-order valence-corrected chi connectivity index (χ4v) is 5.98. The molecule has 5 rings (SSSR count). The number of fused-ring (bicyclic) bond motifs is 6. The third-order valence-corrected chi connectivity index (χ3v) is 7.18. The Balaban J connectivity index is 1.26. The van der Waals surface area contributed by atoms with E-state index in [2.05, 4.69) is 9.80 Å². The Labute approximate surface area is 160 Å². The molecule has 1 aromatic rings. The molecule has 5 heteroatoms. The van der Waals surface area contributed by atoms with Crippen LogP contribution in [0.2, 0.25) is 0 Å². The van der Waals surface area contributed by atoms with Crippen molar-refractivity contribution in [2.45, 2.75) is 56.7 Å². The number of piperidine rings is 4. The molecule has 2 bridgehead atoms. The number of esters is 1. The molecule has 4 aliphatic rings. The van der Waals surface area contributed by atoms with Crippen LogP contribution in [0.3, 0.4) is 0 Å². The van der Waals surface area contributed by atoms with E-state index in [1.807, 2.05) is 30.3 Å². The van der Waals surface area contributed by atoms with Crippen LogP contribution in [0.1, 0.15) is 48.9 Å². The Kier molecular flexibility index (Phi) is 4.43. The summed E-state index contributed by atoms with van der Waals surface area (Å²) in [5.41, 5.74) is 0.631. The summed E-state index contributed by atoms with van der Waals surface area (Å²) in [6.07, 6.45) is 6.19. The second-order valence-corrected chi connectivity index (χ2v) is 8.75. The van der Waals surface area contributed by atoms with Crippen LogP contribution in [-0.2, 0) is 9.53 Å². The van der Waals surface area contributed by atoms with Gasteiger partial charge in [-0.1, -0.05) is 18.2 Å². The summed E-state index contributed by atoms with van der Waals surface area (Å²) in [6, 6.07) is 10.3. The van der Waals surface area contributed by atoms with Gasteiger partial charge in [0.25, 0.3) is 0 Å². The van der Waals surface area contributed by atoms with Gasteiger partial charge in [-0.05, 0) is 56.1 Å². The lowest BCUT2D eigenvalue weighted by molar-refractivity contribution is -0.150. The number of hydrogen-bond acceptors (Lipinski definition) is 4. The summed E-state index contributed by atoms with van der Waals surface area (Å²) in [5.74, 6) is 1.35. The first-order valence-electron chi connectivity index (χ1n) is 10.5. The predicted molar refractivity (Wildman–Crippen MR) is 101 cm³/mol. The van der Waals surface area contributed by atoms with Crippen molar-refractivity contribution in [2.75, 3.05) is 19.6 Å². The molecule has 4 heterocycles. The van der Waals surface area contributed by atoms with Crippen LogP contribution in [0.15, 0.2) is 30.3 Å². The van der Waals surface area contributed by atoms with Crippen LogP contribution in [0, 0.1) is 11.8 Å². The molecule has 5 nitrogen and oxygen atoms in total. The first-order chi connectivity index (χ1) is 13.2. The number of hydrogen-bond donors (Lipinski definition) is 0. The van der Waals surface area contributed by atoms with Crippen molar-refractivity contribution < 1.29 is 14.3 Å². The van der Waals surface area contributed by atoms with Crippen molar-refractivity contribution in [3.8, 4) is 0 Å². The van der Waals surface area contributed by atoms with E-state index in [4.69, 9.17) is 4.74 Å². The highest BCUT2D eigenvalue weighted by Crippen LogP contribution is 2.43. The minimum Gasteiger partial charge on any atom is -0.457 e. The zero-order valence-corrected chi connectivity index (χ0v) is 15.8. The molecule has 4 saturated heterocycles. The number of nitrogens with zero attached hydrogens (tertiary/aromatic N) is 2. The Morgan fingerprint density at radius 2 is 1.78 bits per heavy atom. The normalized spacial score (nSPS) is 35.9. The summed E-state index contributed by atoms with van der Waals surface area (Å²) < 4.78 is 5.83. The van der Waals surface area contributed by atoms with Gasteiger partial charge in [0, 0.05) is 38.1 Å². The van der Waals surface area contributed by atoms with Gasteiger partial charge in [0.1, 0.15) is 6.10 Å². The maximum atomic E-state index is 12.4. The average molecular weight is 368 g/mol. The van der Waals surface area contributed by atoms with E-state index in [9.17, 15) is 9.59 Å². The lowest BCUT2D eigenvalue weighted by Crippen LogP contribution is -2.65. The van der Waals surface area contributed by atoms with E-state index in [-0.39, 0.29) is 12.1 Å². The minimum absolute atomic E-state index is 0.0168. The number of amides is 1. The molecule has 1 aromatic carbocycles. The summed E-state index contributed by atoms with van der Waals surface area (Å²) in [6.45, 7) is 2.83. The van der Waals surface area contributed by atoms with Crippen molar-refractivity contribution in [1.29, 1.82) is 0 Å². The number of benzene rings is 1. The third kappa shape index (κ3) is 3.16. The smallest absolute Gasteiger partial charge is 0.338 e. The largest absolute Gasteiger partial charge is 0.457 e. The molecular weight excluding hydrogens is 340 g/mol. The molecule has 144 valence electrons. The first-order valence-corrected chi connectivity index (χ1v) is 10.5. The Hall–Kier alpha value is -1.88. The second kappa shape index (κ2) is 6.93. The Morgan fingerprint density at radius 1 is 0.963 bits per heavy atom. The summed E-state index contributed by atoms with van der Waals surface area (Å²) in [5, 5.41) is 0. The number of rotatable bonds is 2. The number of carbonyl (C=O) groups is 2. The predicted octanol–water partition coefficient (Wildman–Crippen LogP) is 2.71. The third-order valence-electron chi connectivity index (χ3n) is 7.18. The van der Waals surface area contributed by atoms with E-state index >= 15 is 0 Å². The molecular formula is C22H28N2O3. The van der Waals surface area contributed by atoms with Crippen LogP contribution in [0.4, 0.5) is 0 Å². The fraction of sp³-hybridized carbons (Fsp3) is 0.636. The van der Waals surface area contributed by atoms with Gasteiger partial charge in [-0.3, -0.25) is 9.69 Å². The number of ether oxygens (including phenoxy) is 1. The van der Waals surface area contributed by atoms with Crippen LogP contribution < -0.4 is 0 Å². The molecule has 0 spiro atoms. The van der Waals surface area contributed by atoms with Gasteiger partial charge in [0.15, 0.2) is 0 Å². The van der Waals surface area contributed by atoms with Crippen LogP contribution in [0.5, 0.6) is 0 Å². The minimum atomic E-state index is -0.208. The fourth-order valence-electron chi connectivity index (χ4n) is 5.98. The van der Waals surface area contributed by atoms with Gasteiger partial charge in [-0.25, -0.2) is 4.79 Å². The summed E-state index contributed by atoms with van der Waals surface area (Å²) in [4.78, 5) is 29.6. The van der Waals surface area contributed by atoms with Gasteiger partial charge in [-0.2, -0.15) is 0 Å². The van der Waals surface area contributed by atoms with Gasteiger partial charge in [-0.15, -0.1) is 0 Å². The molecule has 1 amide bonds. The van der Waals surface area contributed by atoms with Crippen molar-refractivity contribution in [3.63, 3.8) is 0 Å². The zero-order chi connectivity index (χ0) is 18.4. The van der Waals surface area contributed by atoms with Gasteiger partial charge < -0.3 is 9.64 Å². The standard InChI is InChI=1S/C22H28N2O3/c25-21-8-4-7-20-16-11-17(13-24(20)21)19-10-9-18(14-23(19)12-16)27-22(26)15-5-2-1-3-6-15/h1-3,5-6,16-20H,4,7-14H2/t16?,17?,18-,19?,20?/m0/s1. The SMILES string of the molecule is O=C(O[C@H]1CCC2C3CC(CN2C1)C1CCCC(=O)N1C3)c1ccccc1. The van der Waals surface area contributed by atoms with Crippen molar-refractivity contribution >= 4 is 11.9 Å². The molecule has 4 fully saturated rings. The molecule has 4 unspecified atom stereocenters. The van der Waals surface area contributed by atoms with E-state index in [1.54, 1.807) is 0 Å². The lowest BCUT2D eigenvalue weighted by Gasteiger charge is -2.57. The zero-order valence-electron chi connectivity index (χ0n) is 15.8. The Bertz CT molecular complexity index is 722. The monoisotopic (exact) mass is 368 g/mol. The number of carbonyl (C=O) groups excluding carboxylic acids is 2. The van der Waals surface area contributed by atoms with Gasteiger partial charge >= 0.3 is 5.97 Å². The highest BCUT2D eigenvalue weighted by atomic mass is 16.5. The molecule has 0 aliphatic carbocycles. The van der Waals surface area contributed by atoms with E-state index < -0.39 is 0 Å². The maximum absolute atomic E-state index is 12.4. The molecule has 4 aliphatic heterocycles. The van der Waals surface area contributed by atoms with Crippen molar-refractivity contribution in [2.24, 2.45) is 11.8 Å². The second-order valence-electron chi connectivity index (χ2n) is 8.75. The molecule has 27 heavy (non-hydrogen) atoms. The highest BCUT2D eigenvalue weighted by Gasteiger charge is 2.49.